The lowest BCUT2D eigenvalue weighted by atomic mass is 9.87. The van der Waals surface area contributed by atoms with E-state index in [9.17, 15) is 4.79 Å². The normalized spacial score (nSPS) is 11.3. The van der Waals surface area contributed by atoms with Crippen LogP contribution in [0.1, 0.15) is 20.3 Å². The molecule has 4 nitrogen and oxygen atoms in total. The first-order chi connectivity index (χ1) is 7.99. The zero-order valence-corrected chi connectivity index (χ0v) is 11.5. The molecule has 0 N–H and O–H groups in total. The predicted octanol–water partition coefficient (Wildman–Crippen LogP) is 1.71. The fourth-order valence-corrected chi connectivity index (χ4v) is 1.59. The summed E-state index contributed by atoms with van der Waals surface area (Å²) in [5, 5.41) is 0. The lowest BCUT2D eigenvalue weighted by Gasteiger charge is -2.31. The van der Waals surface area contributed by atoms with Crippen molar-refractivity contribution in [1.29, 1.82) is 0 Å². The summed E-state index contributed by atoms with van der Waals surface area (Å²) in [4.78, 5) is 14.1. The first kappa shape index (κ1) is 16.1. The molecule has 0 bridgehead atoms. The van der Waals surface area contributed by atoms with Gasteiger partial charge in [-0.25, -0.2) is 0 Å². The molecule has 0 saturated carbocycles. The molecule has 0 atom stereocenters. The van der Waals surface area contributed by atoms with Gasteiger partial charge in [-0.05, 0) is 6.42 Å². The maximum absolute atomic E-state index is 12.3. The molecule has 0 aromatic carbocycles. The number of methoxy groups -OCH3 is 2. The van der Waals surface area contributed by atoms with Gasteiger partial charge in [0.25, 0.3) is 0 Å². The number of rotatable bonds is 9. The van der Waals surface area contributed by atoms with E-state index < -0.39 is 5.41 Å². The van der Waals surface area contributed by atoms with E-state index in [0.29, 0.717) is 32.7 Å². The highest BCUT2D eigenvalue weighted by atomic mass is 16.5. The van der Waals surface area contributed by atoms with Gasteiger partial charge in [-0.1, -0.05) is 19.9 Å². The van der Waals surface area contributed by atoms with E-state index in [2.05, 4.69) is 6.58 Å². The number of allylic oxidation sites excluding steroid dienone is 1. The van der Waals surface area contributed by atoms with E-state index in [4.69, 9.17) is 9.47 Å². The number of carbonyl (C=O) groups is 1. The average Bonchev–Trinajstić information content (AvgIpc) is 2.28. The van der Waals surface area contributed by atoms with Gasteiger partial charge in [-0.3, -0.25) is 4.79 Å². The van der Waals surface area contributed by atoms with Gasteiger partial charge in [-0.15, -0.1) is 6.58 Å². The molecule has 0 aromatic heterocycles. The summed E-state index contributed by atoms with van der Waals surface area (Å²) in [6.07, 6.45) is 2.45. The molecule has 17 heavy (non-hydrogen) atoms. The maximum atomic E-state index is 12.3. The quantitative estimate of drug-likeness (QED) is 0.579. The molecule has 100 valence electrons. The van der Waals surface area contributed by atoms with Gasteiger partial charge in [0.2, 0.25) is 5.91 Å². The van der Waals surface area contributed by atoms with Gasteiger partial charge < -0.3 is 14.4 Å². The summed E-state index contributed by atoms with van der Waals surface area (Å²) < 4.78 is 10.0. The Hall–Kier alpha value is -0.870. The number of amides is 1. The largest absolute Gasteiger partial charge is 0.383 e. The van der Waals surface area contributed by atoms with Crippen LogP contribution in [0.15, 0.2) is 12.7 Å². The summed E-state index contributed by atoms with van der Waals surface area (Å²) in [6, 6.07) is 0. The molecule has 1 amide bonds. The standard InChI is InChI=1S/C13H25NO3/c1-6-7-13(2,3)12(15)14(8-10-16-4)9-11-17-5/h6H,1,7-11H2,2-5H3. The molecular weight excluding hydrogens is 218 g/mol. The van der Waals surface area contributed by atoms with Crippen molar-refractivity contribution in [3.63, 3.8) is 0 Å². The number of ether oxygens (including phenoxy) is 2. The van der Waals surface area contributed by atoms with Crippen molar-refractivity contribution in [1.82, 2.24) is 4.90 Å². The zero-order chi connectivity index (χ0) is 13.3. The first-order valence-corrected chi connectivity index (χ1v) is 5.87. The first-order valence-electron chi connectivity index (χ1n) is 5.87. The molecule has 0 spiro atoms. The molecule has 4 heteroatoms. The summed E-state index contributed by atoms with van der Waals surface area (Å²) in [5.41, 5.74) is -0.413. The third-order valence-corrected chi connectivity index (χ3v) is 2.65. The van der Waals surface area contributed by atoms with Crippen molar-refractivity contribution in [3.8, 4) is 0 Å². The number of hydrogen-bond donors (Lipinski definition) is 0. The van der Waals surface area contributed by atoms with Gasteiger partial charge in [0.05, 0.1) is 13.2 Å². The van der Waals surface area contributed by atoms with E-state index in [1.165, 1.54) is 0 Å². The summed E-state index contributed by atoms with van der Waals surface area (Å²) in [7, 11) is 3.27. The predicted molar refractivity (Wildman–Crippen MR) is 68.9 cm³/mol. The van der Waals surface area contributed by atoms with Crippen molar-refractivity contribution in [2.24, 2.45) is 5.41 Å². The van der Waals surface area contributed by atoms with E-state index in [-0.39, 0.29) is 5.91 Å². The van der Waals surface area contributed by atoms with E-state index >= 15 is 0 Å². The fraction of sp³-hybridized carbons (Fsp3) is 0.769. The van der Waals surface area contributed by atoms with Crippen LogP contribution in [-0.4, -0.2) is 51.3 Å². The number of hydrogen-bond acceptors (Lipinski definition) is 3. The Morgan fingerprint density at radius 1 is 1.24 bits per heavy atom. The second-order valence-corrected chi connectivity index (χ2v) is 4.65. The van der Waals surface area contributed by atoms with Crippen LogP contribution in [0.3, 0.4) is 0 Å². The second-order valence-electron chi connectivity index (χ2n) is 4.65. The van der Waals surface area contributed by atoms with Crippen molar-refractivity contribution >= 4 is 5.91 Å². The molecule has 0 aliphatic heterocycles. The monoisotopic (exact) mass is 243 g/mol. The lowest BCUT2D eigenvalue weighted by Crippen LogP contribution is -2.44. The van der Waals surface area contributed by atoms with Crippen molar-refractivity contribution in [2.75, 3.05) is 40.5 Å². The Balaban J connectivity index is 4.53. The SMILES string of the molecule is C=CCC(C)(C)C(=O)N(CCOC)CCOC. The third kappa shape index (κ3) is 5.84. The van der Waals surface area contributed by atoms with Gasteiger partial charge in [0.15, 0.2) is 0 Å². The highest BCUT2D eigenvalue weighted by molar-refractivity contribution is 5.82. The highest BCUT2D eigenvalue weighted by Gasteiger charge is 2.30. The lowest BCUT2D eigenvalue weighted by molar-refractivity contribution is -0.141. The Morgan fingerprint density at radius 2 is 1.71 bits per heavy atom. The molecule has 0 saturated heterocycles. The van der Waals surface area contributed by atoms with Crippen LogP contribution >= 0.6 is 0 Å². The minimum absolute atomic E-state index is 0.117. The molecular formula is C13H25NO3. The van der Waals surface area contributed by atoms with Crippen LogP contribution in [0.4, 0.5) is 0 Å². The molecule has 0 aliphatic carbocycles. The highest BCUT2D eigenvalue weighted by Crippen LogP contribution is 2.23. The molecule has 0 radical (unpaired) electrons. The van der Waals surface area contributed by atoms with Crippen molar-refractivity contribution in [2.45, 2.75) is 20.3 Å². The molecule has 0 heterocycles. The van der Waals surface area contributed by atoms with Crippen LogP contribution in [0, 0.1) is 5.41 Å². The van der Waals surface area contributed by atoms with Crippen LogP contribution in [0.5, 0.6) is 0 Å². The van der Waals surface area contributed by atoms with E-state index in [0.717, 1.165) is 0 Å². The Kier molecular flexibility index (Phi) is 7.83. The van der Waals surface area contributed by atoms with Crippen molar-refractivity contribution in [3.05, 3.63) is 12.7 Å². The maximum Gasteiger partial charge on any atom is 0.228 e. The second kappa shape index (κ2) is 8.25. The van der Waals surface area contributed by atoms with E-state index in [1.54, 1.807) is 25.2 Å². The molecule has 0 unspecified atom stereocenters. The van der Waals surface area contributed by atoms with Crippen LogP contribution in [-0.2, 0) is 14.3 Å². The zero-order valence-electron chi connectivity index (χ0n) is 11.5. The Labute approximate surface area is 105 Å². The molecule has 0 rings (SSSR count). The topological polar surface area (TPSA) is 38.8 Å². The fourth-order valence-electron chi connectivity index (χ4n) is 1.59. The van der Waals surface area contributed by atoms with Crippen LogP contribution in [0.2, 0.25) is 0 Å². The minimum atomic E-state index is -0.413. The minimum Gasteiger partial charge on any atom is -0.383 e. The van der Waals surface area contributed by atoms with E-state index in [1.807, 2.05) is 13.8 Å². The Bertz CT molecular complexity index is 231. The van der Waals surface area contributed by atoms with Gasteiger partial charge in [0.1, 0.15) is 0 Å². The molecule has 0 fully saturated rings. The van der Waals surface area contributed by atoms with Gasteiger partial charge in [0, 0.05) is 32.7 Å². The number of carbonyl (C=O) groups excluding carboxylic acids is 1. The van der Waals surface area contributed by atoms with Crippen molar-refractivity contribution < 1.29 is 14.3 Å². The van der Waals surface area contributed by atoms with Crippen LogP contribution < -0.4 is 0 Å². The van der Waals surface area contributed by atoms with Gasteiger partial charge >= 0.3 is 0 Å². The Morgan fingerprint density at radius 3 is 2.06 bits per heavy atom. The summed E-state index contributed by atoms with van der Waals surface area (Å²) in [6.45, 7) is 9.84. The van der Waals surface area contributed by atoms with Crippen LogP contribution in [0.25, 0.3) is 0 Å². The smallest absolute Gasteiger partial charge is 0.228 e. The third-order valence-electron chi connectivity index (χ3n) is 2.65. The molecule has 0 aromatic rings. The van der Waals surface area contributed by atoms with Gasteiger partial charge in [-0.2, -0.15) is 0 Å². The average molecular weight is 243 g/mol. The molecule has 0 aliphatic rings. The summed E-state index contributed by atoms with van der Waals surface area (Å²) in [5.74, 6) is 0.117. The summed E-state index contributed by atoms with van der Waals surface area (Å²) >= 11 is 0. The number of nitrogens with zero attached hydrogens (tertiary/aromatic N) is 1.